The van der Waals surface area contributed by atoms with E-state index >= 15 is 0 Å². The van der Waals surface area contributed by atoms with Crippen molar-refractivity contribution in [2.24, 2.45) is 11.8 Å². The molecular weight excluding hydrogens is 269 g/mol. The van der Waals surface area contributed by atoms with Gasteiger partial charge in [0.25, 0.3) is 0 Å². The molecule has 1 aliphatic carbocycles. The van der Waals surface area contributed by atoms with Crippen molar-refractivity contribution in [3.05, 3.63) is 16.5 Å². The minimum Gasteiger partial charge on any atom is -0.481 e. The summed E-state index contributed by atoms with van der Waals surface area (Å²) in [6.45, 7) is 0. The van der Waals surface area contributed by atoms with Gasteiger partial charge in [0.2, 0.25) is 5.91 Å². The lowest BCUT2D eigenvalue weighted by Crippen LogP contribution is -2.18. The lowest BCUT2D eigenvalue weighted by Gasteiger charge is -2.05. The Morgan fingerprint density at radius 3 is 2.65 bits per heavy atom. The van der Waals surface area contributed by atoms with Gasteiger partial charge in [0, 0.05) is 0 Å². The van der Waals surface area contributed by atoms with Crippen LogP contribution in [0.25, 0.3) is 0 Å². The smallest absolute Gasteiger partial charge is 0.307 e. The van der Waals surface area contributed by atoms with Crippen LogP contribution >= 0.6 is 23.2 Å². The number of halogens is 2. The van der Waals surface area contributed by atoms with Gasteiger partial charge in [0.1, 0.15) is 11.3 Å². The molecule has 8 heteroatoms. The van der Waals surface area contributed by atoms with Crippen LogP contribution in [0, 0.1) is 11.8 Å². The van der Waals surface area contributed by atoms with Crippen LogP contribution in [0.1, 0.15) is 6.42 Å². The van der Waals surface area contributed by atoms with Gasteiger partial charge in [-0.05, 0) is 6.42 Å². The number of carboxylic acids is 1. The Kier molecular flexibility index (Phi) is 3.17. The molecule has 2 atom stereocenters. The quantitative estimate of drug-likeness (QED) is 0.815. The lowest BCUT2D eigenvalue weighted by molar-refractivity contribution is -0.139. The number of hydrogen-bond acceptors (Lipinski definition) is 4. The topological polar surface area (TPSA) is 92.2 Å². The Labute approximate surface area is 106 Å². The molecule has 1 aromatic rings. The number of anilines is 1. The van der Waals surface area contributed by atoms with Crippen molar-refractivity contribution in [3.63, 3.8) is 0 Å². The first-order chi connectivity index (χ1) is 8.00. The highest BCUT2D eigenvalue weighted by atomic mass is 35.5. The number of amides is 1. The molecule has 0 aliphatic heterocycles. The molecule has 2 rings (SSSR count). The summed E-state index contributed by atoms with van der Waals surface area (Å²) in [5.41, 5.74) is 0. The number of nitrogens with zero attached hydrogens (tertiary/aromatic N) is 2. The minimum atomic E-state index is -0.975. The van der Waals surface area contributed by atoms with Crippen molar-refractivity contribution in [2.45, 2.75) is 6.42 Å². The van der Waals surface area contributed by atoms with E-state index in [1.807, 2.05) is 0 Å². The summed E-state index contributed by atoms with van der Waals surface area (Å²) >= 11 is 11.4. The fourth-order valence-corrected chi connectivity index (χ4v) is 1.68. The van der Waals surface area contributed by atoms with E-state index in [-0.39, 0.29) is 16.0 Å². The van der Waals surface area contributed by atoms with E-state index in [0.29, 0.717) is 6.42 Å². The fourth-order valence-electron chi connectivity index (χ4n) is 1.40. The van der Waals surface area contributed by atoms with Gasteiger partial charge in [0.15, 0.2) is 11.0 Å². The highest BCUT2D eigenvalue weighted by molar-refractivity contribution is 6.42. The van der Waals surface area contributed by atoms with Crippen LogP contribution < -0.4 is 5.32 Å². The molecule has 1 aromatic heterocycles. The number of rotatable bonds is 3. The Morgan fingerprint density at radius 1 is 1.35 bits per heavy atom. The molecule has 1 aliphatic rings. The standard InChI is InChI=1S/C9H7Cl2N3O3/c10-5-6(11)12-2-13-7(5)14-8(15)3-1-4(3)9(16)17/h2-4H,1H2,(H,16,17)(H,12,13,14,15)/t3-,4+/m1/s1. The molecule has 1 fully saturated rings. The summed E-state index contributed by atoms with van der Waals surface area (Å²) in [6.07, 6.45) is 1.49. The van der Waals surface area contributed by atoms with E-state index in [4.69, 9.17) is 28.3 Å². The second-order valence-electron chi connectivity index (χ2n) is 3.60. The van der Waals surface area contributed by atoms with Crippen LogP contribution in [-0.4, -0.2) is 27.0 Å². The number of carbonyl (C=O) groups excluding carboxylic acids is 1. The largest absolute Gasteiger partial charge is 0.481 e. The number of aliphatic carboxylic acids is 1. The summed E-state index contributed by atoms with van der Waals surface area (Å²) in [7, 11) is 0. The number of hydrogen-bond donors (Lipinski definition) is 2. The molecule has 0 unspecified atom stereocenters. The first-order valence-electron chi connectivity index (χ1n) is 4.70. The van der Waals surface area contributed by atoms with E-state index in [1.54, 1.807) is 0 Å². The third-order valence-electron chi connectivity index (χ3n) is 2.43. The average molecular weight is 276 g/mol. The van der Waals surface area contributed by atoms with Gasteiger partial charge < -0.3 is 10.4 Å². The third-order valence-corrected chi connectivity index (χ3v) is 3.17. The van der Waals surface area contributed by atoms with Crippen LogP contribution in [0.4, 0.5) is 5.82 Å². The van der Waals surface area contributed by atoms with Crippen LogP contribution in [0.5, 0.6) is 0 Å². The zero-order valence-electron chi connectivity index (χ0n) is 8.35. The highest BCUT2D eigenvalue weighted by Crippen LogP contribution is 2.39. The maximum atomic E-state index is 11.6. The van der Waals surface area contributed by atoms with Gasteiger partial charge in [-0.25, -0.2) is 9.97 Å². The van der Waals surface area contributed by atoms with E-state index in [0.717, 1.165) is 6.33 Å². The molecule has 90 valence electrons. The summed E-state index contributed by atoms with van der Waals surface area (Å²) in [4.78, 5) is 29.6. The van der Waals surface area contributed by atoms with E-state index in [9.17, 15) is 9.59 Å². The molecular formula is C9H7Cl2N3O3. The van der Waals surface area contributed by atoms with Gasteiger partial charge in [-0.2, -0.15) is 0 Å². The Morgan fingerprint density at radius 2 is 2.06 bits per heavy atom. The Balaban J connectivity index is 2.05. The average Bonchev–Trinajstić information content (AvgIpc) is 3.04. The predicted molar refractivity (Wildman–Crippen MR) is 59.9 cm³/mol. The number of carbonyl (C=O) groups is 2. The van der Waals surface area contributed by atoms with Crippen molar-refractivity contribution >= 4 is 40.9 Å². The maximum absolute atomic E-state index is 11.6. The molecule has 0 aromatic carbocycles. The minimum absolute atomic E-state index is 0.0301. The second kappa shape index (κ2) is 4.46. The molecule has 6 nitrogen and oxygen atoms in total. The molecule has 0 bridgehead atoms. The number of carboxylic acid groups (broad SMARTS) is 1. The molecule has 1 amide bonds. The normalized spacial score (nSPS) is 22.0. The van der Waals surface area contributed by atoms with E-state index in [2.05, 4.69) is 15.3 Å². The second-order valence-corrected chi connectivity index (χ2v) is 4.34. The monoisotopic (exact) mass is 275 g/mol. The summed E-state index contributed by atoms with van der Waals surface area (Å²) in [5.74, 6) is -2.46. The maximum Gasteiger partial charge on any atom is 0.307 e. The van der Waals surface area contributed by atoms with Crippen molar-refractivity contribution < 1.29 is 14.7 Å². The van der Waals surface area contributed by atoms with Gasteiger partial charge >= 0.3 is 5.97 Å². The van der Waals surface area contributed by atoms with Gasteiger partial charge in [-0.3, -0.25) is 9.59 Å². The zero-order valence-corrected chi connectivity index (χ0v) is 9.87. The van der Waals surface area contributed by atoms with Gasteiger partial charge in [-0.15, -0.1) is 0 Å². The summed E-state index contributed by atoms with van der Waals surface area (Å²) < 4.78 is 0. The molecule has 17 heavy (non-hydrogen) atoms. The van der Waals surface area contributed by atoms with Crippen molar-refractivity contribution in [3.8, 4) is 0 Å². The van der Waals surface area contributed by atoms with Gasteiger partial charge in [0.05, 0.1) is 11.8 Å². The van der Waals surface area contributed by atoms with Crippen LogP contribution in [0.15, 0.2) is 6.33 Å². The highest BCUT2D eigenvalue weighted by Gasteiger charge is 2.48. The molecule has 1 heterocycles. The first-order valence-corrected chi connectivity index (χ1v) is 5.46. The number of aromatic nitrogens is 2. The van der Waals surface area contributed by atoms with Crippen LogP contribution in [-0.2, 0) is 9.59 Å². The SMILES string of the molecule is O=C(O)[C@H]1C[C@H]1C(=O)Nc1ncnc(Cl)c1Cl. The number of nitrogens with one attached hydrogen (secondary N) is 1. The molecule has 0 spiro atoms. The fraction of sp³-hybridized carbons (Fsp3) is 0.333. The Bertz CT molecular complexity index is 494. The third kappa shape index (κ3) is 2.48. The van der Waals surface area contributed by atoms with Gasteiger partial charge in [-0.1, -0.05) is 23.2 Å². The lowest BCUT2D eigenvalue weighted by atomic mass is 10.3. The zero-order chi connectivity index (χ0) is 12.6. The summed E-state index contributed by atoms with van der Waals surface area (Å²) in [6, 6.07) is 0. The Hall–Kier alpha value is -1.40. The summed E-state index contributed by atoms with van der Waals surface area (Å²) in [5, 5.41) is 11.2. The van der Waals surface area contributed by atoms with E-state index in [1.165, 1.54) is 0 Å². The molecule has 0 saturated heterocycles. The molecule has 1 saturated carbocycles. The van der Waals surface area contributed by atoms with Crippen LogP contribution in [0.2, 0.25) is 10.2 Å². The van der Waals surface area contributed by atoms with Crippen LogP contribution in [0.3, 0.4) is 0 Å². The predicted octanol–water partition coefficient (Wildman–Crippen LogP) is 1.44. The van der Waals surface area contributed by atoms with Crippen molar-refractivity contribution in [1.29, 1.82) is 0 Å². The van der Waals surface area contributed by atoms with Crippen molar-refractivity contribution in [1.82, 2.24) is 9.97 Å². The van der Waals surface area contributed by atoms with Crippen molar-refractivity contribution in [2.75, 3.05) is 5.32 Å². The molecule has 2 N–H and O–H groups in total. The van der Waals surface area contributed by atoms with E-state index < -0.39 is 23.7 Å². The molecule has 0 radical (unpaired) electrons. The first kappa shape index (κ1) is 12.1.